The fraction of sp³-hybridized carbons (Fsp3) is 0. The second-order valence-electron chi connectivity index (χ2n) is 4.90. The lowest BCUT2D eigenvalue weighted by atomic mass is 10.2. The van der Waals surface area contributed by atoms with Gasteiger partial charge in [0.1, 0.15) is 5.82 Å². The van der Waals surface area contributed by atoms with E-state index in [1.165, 1.54) is 30.6 Å². The third-order valence-corrected chi connectivity index (χ3v) is 3.31. The van der Waals surface area contributed by atoms with E-state index in [2.05, 4.69) is 20.6 Å². The minimum absolute atomic E-state index is 0.260. The zero-order chi connectivity index (χ0) is 16.9. The lowest BCUT2D eigenvalue weighted by Gasteiger charge is -2.07. The third-order valence-electron chi connectivity index (χ3n) is 3.08. The highest BCUT2D eigenvalue weighted by molar-refractivity contribution is 6.30. The summed E-state index contributed by atoms with van der Waals surface area (Å²) in [6.07, 6.45) is 2.77. The molecule has 0 aliphatic rings. The first kappa shape index (κ1) is 15.9. The van der Waals surface area contributed by atoms with Gasteiger partial charge in [-0.2, -0.15) is 0 Å². The number of benzene rings is 2. The Morgan fingerprint density at radius 3 is 2.42 bits per heavy atom. The van der Waals surface area contributed by atoms with Crippen LogP contribution in [0.25, 0.3) is 0 Å². The van der Waals surface area contributed by atoms with Crippen LogP contribution in [0, 0.1) is 5.82 Å². The molecule has 120 valence electrons. The molecule has 0 atom stereocenters. The fourth-order valence-corrected chi connectivity index (χ4v) is 2.16. The van der Waals surface area contributed by atoms with Crippen molar-refractivity contribution in [1.82, 2.24) is 9.97 Å². The summed E-state index contributed by atoms with van der Waals surface area (Å²) >= 11 is 5.91. The first-order valence-corrected chi connectivity index (χ1v) is 7.39. The first-order valence-electron chi connectivity index (χ1n) is 7.02. The van der Waals surface area contributed by atoms with Crippen LogP contribution in [0.3, 0.4) is 0 Å². The van der Waals surface area contributed by atoms with E-state index in [0.29, 0.717) is 16.7 Å². The number of halogens is 2. The van der Waals surface area contributed by atoms with Crippen LogP contribution < -0.4 is 10.6 Å². The van der Waals surface area contributed by atoms with Gasteiger partial charge in [0.25, 0.3) is 5.91 Å². The van der Waals surface area contributed by atoms with E-state index < -0.39 is 11.7 Å². The molecule has 2 N–H and O–H groups in total. The lowest BCUT2D eigenvalue weighted by Crippen LogP contribution is -2.13. The number of aromatic nitrogens is 2. The molecule has 0 unspecified atom stereocenters. The Morgan fingerprint density at radius 1 is 1.00 bits per heavy atom. The van der Waals surface area contributed by atoms with Gasteiger partial charge in [-0.1, -0.05) is 23.7 Å². The number of carbonyl (C=O) groups is 1. The van der Waals surface area contributed by atoms with Crippen LogP contribution in [0.5, 0.6) is 0 Å². The Hall–Kier alpha value is -2.99. The normalized spacial score (nSPS) is 10.2. The molecule has 0 saturated heterocycles. The maximum absolute atomic E-state index is 13.1. The fourth-order valence-electron chi connectivity index (χ4n) is 1.97. The largest absolute Gasteiger partial charge is 0.324 e. The minimum Gasteiger partial charge on any atom is -0.324 e. The van der Waals surface area contributed by atoms with Gasteiger partial charge < -0.3 is 10.6 Å². The molecule has 2 aromatic carbocycles. The average molecular weight is 343 g/mol. The topological polar surface area (TPSA) is 66.9 Å². The molecule has 1 aromatic heterocycles. The van der Waals surface area contributed by atoms with Crippen molar-refractivity contribution >= 4 is 34.8 Å². The zero-order valence-electron chi connectivity index (χ0n) is 12.3. The van der Waals surface area contributed by atoms with Crippen molar-refractivity contribution in [2.75, 3.05) is 10.6 Å². The molecular formula is C17H12ClFN4O. The highest BCUT2D eigenvalue weighted by Crippen LogP contribution is 2.18. The second kappa shape index (κ2) is 7.06. The van der Waals surface area contributed by atoms with E-state index in [0.717, 1.165) is 5.69 Å². The number of hydrogen-bond donors (Lipinski definition) is 2. The van der Waals surface area contributed by atoms with Crippen LogP contribution in [0.2, 0.25) is 5.02 Å². The Kier molecular flexibility index (Phi) is 4.67. The van der Waals surface area contributed by atoms with E-state index >= 15 is 0 Å². The Bertz CT molecular complexity index is 870. The van der Waals surface area contributed by atoms with Crippen LogP contribution in [0.4, 0.5) is 21.7 Å². The molecule has 5 nitrogen and oxygen atoms in total. The molecule has 0 bridgehead atoms. The molecule has 1 heterocycles. The summed E-state index contributed by atoms with van der Waals surface area (Å²) in [4.78, 5) is 20.3. The van der Waals surface area contributed by atoms with Crippen molar-refractivity contribution in [3.8, 4) is 0 Å². The van der Waals surface area contributed by atoms with Crippen molar-refractivity contribution in [3.05, 3.63) is 77.3 Å². The number of hydrogen-bond acceptors (Lipinski definition) is 4. The van der Waals surface area contributed by atoms with E-state index in [4.69, 9.17) is 11.6 Å². The number of nitrogens with zero attached hydrogens (tertiary/aromatic N) is 2. The molecule has 24 heavy (non-hydrogen) atoms. The summed E-state index contributed by atoms with van der Waals surface area (Å²) in [5.41, 5.74) is 1.36. The molecule has 7 heteroatoms. The number of rotatable bonds is 4. The molecule has 0 aliphatic carbocycles. The van der Waals surface area contributed by atoms with Crippen LogP contribution >= 0.6 is 11.6 Å². The quantitative estimate of drug-likeness (QED) is 0.743. The van der Waals surface area contributed by atoms with Crippen LogP contribution in [-0.4, -0.2) is 15.9 Å². The van der Waals surface area contributed by atoms with Gasteiger partial charge in [0.15, 0.2) is 0 Å². The van der Waals surface area contributed by atoms with Gasteiger partial charge in [-0.05, 0) is 36.4 Å². The summed E-state index contributed by atoms with van der Waals surface area (Å²) in [5, 5.41) is 6.15. The van der Waals surface area contributed by atoms with E-state index in [9.17, 15) is 9.18 Å². The van der Waals surface area contributed by atoms with Crippen molar-refractivity contribution in [2.24, 2.45) is 0 Å². The number of amides is 1. The van der Waals surface area contributed by atoms with Gasteiger partial charge in [-0.25, -0.2) is 14.4 Å². The van der Waals surface area contributed by atoms with E-state index in [1.807, 2.05) is 6.07 Å². The maximum Gasteiger partial charge on any atom is 0.258 e. The van der Waals surface area contributed by atoms with Crippen LogP contribution in [0.1, 0.15) is 10.4 Å². The van der Waals surface area contributed by atoms with Crippen molar-refractivity contribution in [1.29, 1.82) is 0 Å². The predicted molar refractivity (Wildman–Crippen MR) is 91.1 cm³/mol. The summed E-state index contributed by atoms with van der Waals surface area (Å²) in [6, 6.07) is 12.7. The molecule has 3 aromatic rings. The smallest absolute Gasteiger partial charge is 0.258 e. The van der Waals surface area contributed by atoms with Crippen LogP contribution in [-0.2, 0) is 0 Å². The summed E-state index contributed by atoms with van der Waals surface area (Å²) in [6.45, 7) is 0. The molecule has 0 fully saturated rings. The van der Waals surface area contributed by atoms with Gasteiger partial charge in [-0.3, -0.25) is 4.79 Å². The SMILES string of the molecule is O=C(Nc1cccc(F)c1)c1cnc(Nc2cccc(Cl)c2)nc1. The van der Waals surface area contributed by atoms with Crippen molar-refractivity contribution in [2.45, 2.75) is 0 Å². The zero-order valence-corrected chi connectivity index (χ0v) is 13.1. The number of carbonyl (C=O) groups excluding carboxylic acids is 1. The Balaban J connectivity index is 1.68. The van der Waals surface area contributed by atoms with Gasteiger partial charge in [0.05, 0.1) is 5.56 Å². The standard InChI is InChI=1S/C17H12ClFN4O/c18-12-3-1-5-14(7-12)23-17-20-9-11(10-21-17)16(24)22-15-6-2-4-13(19)8-15/h1-10H,(H,22,24)(H,20,21,23). The summed E-state index contributed by atoms with van der Waals surface area (Å²) < 4.78 is 13.1. The van der Waals surface area contributed by atoms with Crippen molar-refractivity contribution in [3.63, 3.8) is 0 Å². The monoisotopic (exact) mass is 342 g/mol. The van der Waals surface area contributed by atoms with E-state index in [-0.39, 0.29) is 5.56 Å². The molecule has 0 aliphatic heterocycles. The molecule has 1 amide bonds. The highest BCUT2D eigenvalue weighted by Gasteiger charge is 2.08. The molecule has 3 rings (SSSR count). The van der Waals surface area contributed by atoms with E-state index in [1.54, 1.807) is 24.3 Å². The summed E-state index contributed by atoms with van der Waals surface area (Å²) in [7, 11) is 0. The second-order valence-corrected chi connectivity index (χ2v) is 5.33. The lowest BCUT2D eigenvalue weighted by molar-refractivity contribution is 0.102. The van der Waals surface area contributed by atoms with Gasteiger partial charge in [0.2, 0.25) is 5.95 Å². The first-order chi connectivity index (χ1) is 11.6. The Labute approximate surface area is 142 Å². The molecular weight excluding hydrogens is 331 g/mol. The van der Waals surface area contributed by atoms with Crippen molar-refractivity contribution < 1.29 is 9.18 Å². The highest BCUT2D eigenvalue weighted by atomic mass is 35.5. The summed E-state index contributed by atoms with van der Waals surface area (Å²) in [5.74, 6) is -0.514. The van der Waals surface area contributed by atoms with Crippen LogP contribution in [0.15, 0.2) is 60.9 Å². The molecule has 0 radical (unpaired) electrons. The third kappa shape index (κ3) is 4.05. The Morgan fingerprint density at radius 2 is 1.71 bits per heavy atom. The number of nitrogens with one attached hydrogen (secondary N) is 2. The molecule has 0 saturated carbocycles. The predicted octanol–water partition coefficient (Wildman–Crippen LogP) is 4.27. The van der Waals surface area contributed by atoms with Gasteiger partial charge in [-0.15, -0.1) is 0 Å². The average Bonchev–Trinajstić information content (AvgIpc) is 2.55. The van der Waals surface area contributed by atoms with Gasteiger partial charge in [0, 0.05) is 28.8 Å². The number of anilines is 3. The van der Waals surface area contributed by atoms with Gasteiger partial charge >= 0.3 is 0 Å². The molecule has 0 spiro atoms. The maximum atomic E-state index is 13.1. The minimum atomic E-state index is -0.426.